The van der Waals surface area contributed by atoms with E-state index in [1.54, 1.807) is 6.20 Å². The van der Waals surface area contributed by atoms with E-state index < -0.39 is 0 Å². The lowest BCUT2D eigenvalue weighted by Gasteiger charge is -2.10. The fourth-order valence-electron chi connectivity index (χ4n) is 2.06. The molecule has 0 unspecified atom stereocenters. The van der Waals surface area contributed by atoms with Gasteiger partial charge in [-0.1, -0.05) is 18.2 Å². The number of anilines is 2. The lowest BCUT2D eigenvalue weighted by molar-refractivity contribution is 0.279. The summed E-state index contributed by atoms with van der Waals surface area (Å²) in [7, 11) is 0. The fourth-order valence-corrected chi connectivity index (χ4v) is 2.06. The molecule has 3 rings (SSSR count). The Morgan fingerprint density at radius 2 is 1.90 bits per heavy atom. The van der Waals surface area contributed by atoms with Crippen LogP contribution in [-0.4, -0.2) is 23.0 Å². The Balaban J connectivity index is 1.93. The standard InChI is InChI=1S/C16H17N3O/c1-16(2)11-20-15(19-16)13-9-6-10-17-14(13)18-12-7-4-3-5-8-12/h3-10H,11H2,1-2H3,(H,17,18). The maximum absolute atomic E-state index is 5.70. The predicted molar refractivity (Wildman–Crippen MR) is 80.5 cm³/mol. The summed E-state index contributed by atoms with van der Waals surface area (Å²) in [5.74, 6) is 1.41. The zero-order valence-electron chi connectivity index (χ0n) is 11.6. The third-order valence-corrected chi connectivity index (χ3v) is 3.04. The highest BCUT2D eigenvalue weighted by Crippen LogP contribution is 2.25. The number of para-hydroxylation sites is 1. The second-order valence-corrected chi connectivity index (χ2v) is 5.41. The van der Waals surface area contributed by atoms with Crippen molar-refractivity contribution in [3.63, 3.8) is 0 Å². The van der Waals surface area contributed by atoms with Crippen molar-refractivity contribution in [2.24, 2.45) is 4.99 Å². The molecule has 1 aliphatic heterocycles. The first-order valence-electron chi connectivity index (χ1n) is 6.64. The molecule has 0 aliphatic carbocycles. The van der Waals surface area contributed by atoms with E-state index in [9.17, 15) is 0 Å². The van der Waals surface area contributed by atoms with Gasteiger partial charge in [0.15, 0.2) is 0 Å². The number of pyridine rings is 1. The van der Waals surface area contributed by atoms with E-state index in [0.29, 0.717) is 12.5 Å². The SMILES string of the molecule is CC1(C)COC(c2cccnc2Nc2ccccc2)=N1. The summed E-state index contributed by atoms with van der Waals surface area (Å²) in [6.45, 7) is 4.71. The average molecular weight is 267 g/mol. The third-order valence-electron chi connectivity index (χ3n) is 3.04. The second kappa shape index (κ2) is 4.96. The highest BCUT2D eigenvalue weighted by atomic mass is 16.5. The second-order valence-electron chi connectivity index (χ2n) is 5.41. The van der Waals surface area contributed by atoms with Crippen molar-refractivity contribution < 1.29 is 4.74 Å². The molecular formula is C16H17N3O. The van der Waals surface area contributed by atoms with Gasteiger partial charge < -0.3 is 10.1 Å². The van der Waals surface area contributed by atoms with Crippen LogP contribution in [0.4, 0.5) is 11.5 Å². The van der Waals surface area contributed by atoms with Crippen LogP contribution in [0.2, 0.25) is 0 Å². The number of nitrogens with zero attached hydrogens (tertiary/aromatic N) is 2. The molecule has 0 saturated heterocycles. The molecule has 0 spiro atoms. The lowest BCUT2D eigenvalue weighted by atomic mass is 10.1. The topological polar surface area (TPSA) is 46.5 Å². The van der Waals surface area contributed by atoms with E-state index >= 15 is 0 Å². The van der Waals surface area contributed by atoms with Gasteiger partial charge in [0.05, 0.1) is 11.1 Å². The number of hydrogen-bond donors (Lipinski definition) is 1. The molecule has 1 aliphatic rings. The first-order valence-corrected chi connectivity index (χ1v) is 6.64. The van der Waals surface area contributed by atoms with E-state index in [-0.39, 0.29) is 5.54 Å². The molecule has 0 atom stereocenters. The molecule has 0 saturated carbocycles. The number of aliphatic imine (C=N–C) groups is 1. The molecule has 4 nitrogen and oxygen atoms in total. The summed E-state index contributed by atoms with van der Waals surface area (Å²) in [6.07, 6.45) is 1.76. The molecule has 0 bridgehead atoms. The minimum absolute atomic E-state index is 0.171. The number of rotatable bonds is 3. The zero-order valence-corrected chi connectivity index (χ0v) is 11.6. The average Bonchev–Trinajstić information content (AvgIpc) is 2.81. The van der Waals surface area contributed by atoms with Crippen LogP contribution in [0, 0.1) is 0 Å². The van der Waals surface area contributed by atoms with E-state index in [4.69, 9.17) is 4.74 Å². The summed E-state index contributed by atoms with van der Waals surface area (Å²) in [6, 6.07) is 13.8. The zero-order chi connectivity index (χ0) is 14.0. The Hall–Kier alpha value is -2.36. The van der Waals surface area contributed by atoms with Crippen LogP contribution < -0.4 is 5.32 Å². The van der Waals surface area contributed by atoms with Crippen molar-refractivity contribution >= 4 is 17.4 Å². The minimum atomic E-state index is -0.171. The van der Waals surface area contributed by atoms with Crippen molar-refractivity contribution in [1.82, 2.24) is 4.98 Å². The van der Waals surface area contributed by atoms with Gasteiger partial charge in [0.1, 0.15) is 12.4 Å². The molecule has 1 aromatic heterocycles. The van der Waals surface area contributed by atoms with Gasteiger partial charge >= 0.3 is 0 Å². The quantitative estimate of drug-likeness (QED) is 0.927. The van der Waals surface area contributed by atoms with Crippen LogP contribution in [0.15, 0.2) is 53.7 Å². The number of nitrogens with one attached hydrogen (secondary N) is 1. The van der Waals surface area contributed by atoms with Crippen LogP contribution in [0.1, 0.15) is 19.4 Å². The maximum atomic E-state index is 5.70. The Morgan fingerprint density at radius 1 is 1.10 bits per heavy atom. The normalized spacial score (nSPS) is 16.4. The van der Waals surface area contributed by atoms with Gasteiger partial charge in [-0.05, 0) is 38.1 Å². The highest BCUT2D eigenvalue weighted by Gasteiger charge is 2.28. The Labute approximate surface area is 118 Å². The van der Waals surface area contributed by atoms with Gasteiger partial charge in [0.2, 0.25) is 5.90 Å². The summed E-state index contributed by atoms with van der Waals surface area (Å²) < 4.78 is 5.70. The summed E-state index contributed by atoms with van der Waals surface area (Å²) >= 11 is 0. The van der Waals surface area contributed by atoms with Crippen molar-refractivity contribution in [1.29, 1.82) is 0 Å². The highest BCUT2D eigenvalue weighted by molar-refractivity contribution is 6.00. The first-order chi connectivity index (χ1) is 9.64. The third kappa shape index (κ3) is 2.64. The Kier molecular flexibility index (Phi) is 3.14. The van der Waals surface area contributed by atoms with Gasteiger partial charge in [0.25, 0.3) is 0 Å². The smallest absolute Gasteiger partial charge is 0.220 e. The van der Waals surface area contributed by atoms with E-state index in [1.165, 1.54) is 0 Å². The minimum Gasteiger partial charge on any atom is -0.475 e. The molecule has 2 aromatic rings. The molecule has 102 valence electrons. The summed E-state index contributed by atoms with van der Waals surface area (Å²) in [5, 5.41) is 3.30. The molecule has 4 heteroatoms. The molecule has 20 heavy (non-hydrogen) atoms. The van der Waals surface area contributed by atoms with E-state index in [2.05, 4.69) is 29.1 Å². The fraction of sp³-hybridized carbons (Fsp3) is 0.250. The van der Waals surface area contributed by atoms with Crippen molar-refractivity contribution in [2.45, 2.75) is 19.4 Å². The summed E-state index contributed by atoms with van der Waals surface area (Å²) in [4.78, 5) is 9.00. The number of benzene rings is 1. The number of ether oxygens (including phenoxy) is 1. The van der Waals surface area contributed by atoms with Crippen LogP contribution in [0.5, 0.6) is 0 Å². The Bertz CT molecular complexity index is 635. The molecule has 1 N–H and O–H groups in total. The van der Waals surface area contributed by atoms with Crippen LogP contribution in [0.25, 0.3) is 0 Å². The summed E-state index contributed by atoms with van der Waals surface area (Å²) in [5.41, 5.74) is 1.71. The molecule has 0 radical (unpaired) electrons. The molecule has 0 amide bonds. The maximum Gasteiger partial charge on any atom is 0.220 e. The van der Waals surface area contributed by atoms with Crippen LogP contribution >= 0.6 is 0 Å². The number of aromatic nitrogens is 1. The van der Waals surface area contributed by atoms with Gasteiger partial charge in [0, 0.05) is 11.9 Å². The van der Waals surface area contributed by atoms with Crippen LogP contribution in [0.3, 0.4) is 0 Å². The lowest BCUT2D eigenvalue weighted by Crippen LogP contribution is -2.17. The van der Waals surface area contributed by atoms with Gasteiger partial charge in [-0.15, -0.1) is 0 Å². The Morgan fingerprint density at radius 3 is 2.60 bits per heavy atom. The largest absolute Gasteiger partial charge is 0.475 e. The van der Waals surface area contributed by atoms with Gasteiger partial charge in [-0.2, -0.15) is 0 Å². The van der Waals surface area contributed by atoms with Gasteiger partial charge in [-0.3, -0.25) is 0 Å². The van der Waals surface area contributed by atoms with E-state index in [0.717, 1.165) is 17.1 Å². The molecular weight excluding hydrogens is 250 g/mol. The monoisotopic (exact) mass is 267 g/mol. The number of hydrogen-bond acceptors (Lipinski definition) is 4. The van der Waals surface area contributed by atoms with Gasteiger partial charge in [-0.25, -0.2) is 9.98 Å². The van der Waals surface area contributed by atoms with Crippen LogP contribution in [-0.2, 0) is 4.74 Å². The van der Waals surface area contributed by atoms with Crippen molar-refractivity contribution in [3.8, 4) is 0 Å². The van der Waals surface area contributed by atoms with Crippen molar-refractivity contribution in [2.75, 3.05) is 11.9 Å². The predicted octanol–water partition coefficient (Wildman–Crippen LogP) is 3.38. The van der Waals surface area contributed by atoms with E-state index in [1.807, 2.05) is 42.5 Å². The molecule has 0 fully saturated rings. The first kappa shape index (κ1) is 12.7. The molecule has 2 heterocycles. The van der Waals surface area contributed by atoms with Crippen molar-refractivity contribution in [3.05, 3.63) is 54.2 Å². The molecule has 1 aromatic carbocycles.